The maximum Gasteiger partial charge on any atom is 0.137 e. The molecule has 0 amide bonds. The second-order valence-corrected chi connectivity index (χ2v) is 14.7. The highest BCUT2D eigenvalue weighted by molar-refractivity contribution is 6.11. The SMILES string of the molecule is C=C/C=C\C(N)(n1c2ccccc2c2cc3c(cc21)C(c1ccccc1)(c1ccccc1)c1ccccc1-3)C1(C2=CCCC=C2)NC1c1ccccc1. The minimum atomic E-state index is -1.04. The number of fused-ring (bicyclic) bond motifs is 6. The predicted molar refractivity (Wildman–Crippen MR) is 220 cm³/mol. The number of hydrogen-bond acceptors (Lipinski definition) is 2. The summed E-state index contributed by atoms with van der Waals surface area (Å²) in [6, 6.07) is 55.4. The van der Waals surface area contributed by atoms with Gasteiger partial charge in [0.25, 0.3) is 0 Å². The molecule has 3 unspecified atom stereocenters. The second kappa shape index (κ2) is 12.0. The largest absolute Gasteiger partial charge is 0.316 e. The molecule has 1 aliphatic heterocycles. The van der Waals surface area contributed by atoms with Crippen LogP contribution in [0.15, 0.2) is 200 Å². The van der Waals surface area contributed by atoms with Gasteiger partial charge in [-0.3, -0.25) is 5.32 Å². The van der Waals surface area contributed by atoms with Crippen LogP contribution in [0.2, 0.25) is 0 Å². The summed E-state index contributed by atoms with van der Waals surface area (Å²) in [4.78, 5) is 0. The lowest BCUT2D eigenvalue weighted by molar-refractivity contribution is 0.322. The summed E-state index contributed by atoms with van der Waals surface area (Å²) in [6.45, 7) is 4.12. The summed E-state index contributed by atoms with van der Waals surface area (Å²) >= 11 is 0. The third-order valence-electron chi connectivity index (χ3n) is 12.0. The molecule has 0 saturated carbocycles. The van der Waals surface area contributed by atoms with Gasteiger partial charge in [-0.2, -0.15) is 0 Å². The second-order valence-electron chi connectivity index (χ2n) is 14.7. The first kappa shape index (κ1) is 31.7. The standard InChI is InChI=1S/C50H41N3/c1-2-3-32-48(51,50(38-26-14-7-15-27-38)47(52-50)35-20-8-4-9-21-35)53-45-31-19-17-29-40(45)42-33-41-39-28-16-18-30-43(39)49(44(41)34-46(42)53,36-22-10-5-11-23-36)37-24-12-6-13-25-37/h2-6,8-14,16-34,47,52H,1,7,15,51H2/b32-3-. The molecule has 10 rings (SSSR count). The van der Waals surface area contributed by atoms with Crippen molar-refractivity contribution >= 4 is 21.8 Å². The molecular weight excluding hydrogens is 643 g/mol. The first-order chi connectivity index (χ1) is 26.1. The van der Waals surface area contributed by atoms with Crippen LogP contribution in [-0.4, -0.2) is 10.1 Å². The smallest absolute Gasteiger partial charge is 0.137 e. The van der Waals surface area contributed by atoms with Crippen LogP contribution < -0.4 is 11.1 Å². The van der Waals surface area contributed by atoms with Gasteiger partial charge in [-0.1, -0.05) is 170 Å². The van der Waals surface area contributed by atoms with Gasteiger partial charge >= 0.3 is 0 Å². The van der Waals surface area contributed by atoms with Crippen molar-refractivity contribution in [2.24, 2.45) is 5.73 Å². The third-order valence-corrected chi connectivity index (χ3v) is 12.0. The fraction of sp³-hybridized carbons (Fsp3) is 0.120. The van der Waals surface area contributed by atoms with Gasteiger partial charge in [0, 0.05) is 10.8 Å². The zero-order valence-corrected chi connectivity index (χ0v) is 29.6. The van der Waals surface area contributed by atoms with E-state index in [0.717, 1.165) is 23.9 Å². The van der Waals surface area contributed by atoms with Crippen molar-refractivity contribution in [1.29, 1.82) is 0 Å². The molecule has 3 nitrogen and oxygen atoms in total. The third kappa shape index (κ3) is 4.36. The Bertz CT molecular complexity index is 2590. The van der Waals surface area contributed by atoms with E-state index in [1.165, 1.54) is 55.3 Å². The van der Waals surface area contributed by atoms with Crippen LogP contribution in [0.5, 0.6) is 0 Å². The first-order valence-electron chi connectivity index (χ1n) is 18.7. The summed E-state index contributed by atoms with van der Waals surface area (Å²) < 4.78 is 2.43. The Labute approximate surface area is 311 Å². The molecule has 7 aromatic rings. The highest BCUT2D eigenvalue weighted by Gasteiger charge is 2.68. The molecule has 3 N–H and O–H groups in total. The van der Waals surface area contributed by atoms with Gasteiger partial charge < -0.3 is 10.3 Å². The van der Waals surface area contributed by atoms with E-state index < -0.39 is 16.6 Å². The van der Waals surface area contributed by atoms with Crippen LogP contribution in [0, 0.1) is 0 Å². The van der Waals surface area contributed by atoms with Crippen molar-refractivity contribution in [3.8, 4) is 11.1 Å². The Morgan fingerprint density at radius 3 is 2.04 bits per heavy atom. The highest BCUT2D eigenvalue weighted by atomic mass is 15.4. The topological polar surface area (TPSA) is 52.9 Å². The van der Waals surface area contributed by atoms with E-state index in [4.69, 9.17) is 5.73 Å². The average Bonchev–Trinajstić information content (AvgIpc) is 3.84. The maximum atomic E-state index is 8.19. The molecule has 1 fully saturated rings. The molecule has 3 aliphatic rings. The Kier molecular flexibility index (Phi) is 7.20. The fourth-order valence-corrected chi connectivity index (χ4v) is 9.80. The quantitative estimate of drug-likeness (QED) is 0.124. The lowest BCUT2D eigenvalue weighted by Crippen LogP contribution is -2.56. The van der Waals surface area contributed by atoms with Gasteiger partial charge in [0.1, 0.15) is 11.2 Å². The summed E-state index contributed by atoms with van der Waals surface area (Å²) in [7, 11) is 0. The van der Waals surface area contributed by atoms with Crippen LogP contribution in [0.3, 0.4) is 0 Å². The number of nitrogens with two attached hydrogens (primary N) is 1. The van der Waals surface area contributed by atoms with E-state index in [2.05, 4.69) is 192 Å². The fourth-order valence-electron chi connectivity index (χ4n) is 9.80. The summed E-state index contributed by atoms with van der Waals surface area (Å²) in [6.07, 6.45) is 15.0. The van der Waals surface area contributed by atoms with Crippen molar-refractivity contribution in [2.45, 2.75) is 35.5 Å². The molecule has 3 atom stereocenters. The van der Waals surface area contributed by atoms with Crippen LogP contribution in [0.4, 0.5) is 0 Å². The summed E-state index contributed by atoms with van der Waals surface area (Å²) in [5, 5.41) is 6.39. The van der Waals surface area contributed by atoms with E-state index in [1.54, 1.807) is 0 Å². The zero-order valence-electron chi connectivity index (χ0n) is 29.6. The Morgan fingerprint density at radius 2 is 1.34 bits per heavy atom. The number of aromatic nitrogens is 1. The minimum absolute atomic E-state index is 0.000197. The average molecular weight is 684 g/mol. The van der Waals surface area contributed by atoms with E-state index >= 15 is 0 Å². The van der Waals surface area contributed by atoms with E-state index in [0.29, 0.717) is 0 Å². The Morgan fingerprint density at radius 1 is 0.679 bits per heavy atom. The highest BCUT2D eigenvalue weighted by Crippen LogP contribution is 2.60. The van der Waals surface area contributed by atoms with Crippen LogP contribution in [0.1, 0.15) is 46.7 Å². The van der Waals surface area contributed by atoms with Gasteiger partial charge in [0.05, 0.1) is 22.5 Å². The van der Waals surface area contributed by atoms with Crippen molar-refractivity contribution < 1.29 is 0 Å². The number of allylic oxidation sites excluding steroid dienone is 4. The number of hydrogen-bond donors (Lipinski definition) is 2. The van der Waals surface area contributed by atoms with Crippen molar-refractivity contribution in [1.82, 2.24) is 9.88 Å². The minimum Gasteiger partial charge on any atom is -0.316 e. The van der Waals surface area contributed by atoms with E-state index in [1.807, 2.05) is 12.2 Å². The van der Waals surface area contributed by atoms with E-state index in [9.17, 15) is 0 Å². The number of nitrogens with zero attached hydrogens (tertiary/aromatic N) is 1. The molecule has 2 aliphatic carbocycles. The molecule has 6 aromatic carbocycles. The number of para-hydroxylation sites is 1. The van der Waals surface area contributed by atoms with Crippen LogP contribution in [-0.2, 0) is 11.1 Å². The molecule has 1 saturated heterocycles. The Hall–Kier alpha value is -6.00. The van der Waals surface area contributed by atoms with E-state index in [-0.39, 0.29) is 6.04 Å². The summed E-state index contributed by atoms with van der Waals surface area (Å²) in [5.74, 6) is 0. The number of benzene rings is 6. The first-order valence-corrected chi connectivity index (χ1v) is 18.7. The van der Waals surface area contributed by atoms with Crippen molar-refractivity contribution in [3.05, 3.63) is 228 Å². The molecule has 3 heteroatoms. The maximum absolute atomic E-state index is 8.19. The molecular formula is C50H41N3. The number of nitrogens with one attached hydrogen (secondary N) is 1. The lowest BCUT2D eigenvalue weighted by Gasteiger charge is -2.40. The molecule has 1 aromatic heterocycles. The lowest BCUT2D eigenvalue weighted by atomic mass is 9.67. The monoisotopic (exact) mass is 683 g/mol. The molecule has 53 heavy (non-hydrogen) atoms. The van der Waals surface area contributed by atoms with Gasteiger partial charge in [0.15, 0.2) is 0 Å². The van der Waals surface area contributed by atoms with Gasteiger partial charge in [-0.15, -0.1) is 0 Å². The van der Waals surface area contributed by atoms with Crippen molar-refractivity contribution in [3.63, 3.8) is 0 Å². The number of rotatable bonds is 8. The molecule has 2 heterocycles. The van der Waals surface area contributed by atoms with Crippen molar-refractivity contribution in [2.75, 3.05) is 0 Å². The Balaban J connectivity index is 1.34. The zero-order chi connectivity index (χ0) is 35.6. The molecule has 0 bridgehead atoms. The predicted octanol–water partition coefficient (Wildman–Crippen LogP) is 10.9. The molecule has 256 valence electrons. The van der Waals surface area contributed by atoms with Gasteiger partial charge in [-0.05, 0) is 81.6 Å². The van der Waals surface area contributed by atoms with Gasteiger partial charge in [0.2, 0.25) is 0 Å². The van der Waals surface area contributed by atoms with Crippen LogP contribution >= 0.6 is 0 Å². The normalized spacial score (nSPS) is 20.9. The molecule has 0 spiro atoms. The molecule has 0 radical (unpaired) electrons. The van der Waals surface area contributed by atoms with Gasteiger partial charge in [-0.25, -0.2) is 0 Å². The van der Waals surface area contributed by atoms with Crippen LogP contribution in [0.25, 0.3) is 32.9 Å². The summed E-state index contributed by atoms with van der Waals surface area (Å²) in [5.41, 5.74) is 18.2.